The first-order valence-electron chi connectivity index (χ1n) is 6.20. The molecule has 0 atom stereocenters. The SMILES string of the molecule is O=S(=O)(NCCc1cncnc1)c1ccc(C(F)(F)F)cc1. The van der Waals surface area contributed by atoms with Gasteiger partial charge in [0.25, 0.3) is 0 Å². The molecule has 5 nitrogen and oxygen atoms in total. The van der Waals surface area contributed by atoms with Crippen molar-refractivity contribution in [3.05, 3.63) is 54.1 Å². The van der Waals surface area contributed by atoms with Crippen molar-refractivity contribution in [1.29, 1.82) is 0 Å². The van der Waals surface area contributed by atoms with Crippen LogP contribution in [0.1, 0.15) is 11.1 Å². The molecular weight excluding hydrogens is 319 g/mol. The highest BCUT2D eigenvalue weighted by molar-refractivity contribution is 7.89. The van der Waals surface area contributed by atoms with Crippen molar-refractivity contribution in [3.63, 3.8) is 0 Å². The second-order valence-corrected chi connectivity index (χ2v) is 6.18. The molecule has 0 aliphatic heterocycles. The Labute approximate surface area is 125 Å². The molecule has 1 N–H and O–H groups in total. The summed E-state index contributed by atoms with van der Waals surface area (Å²) >= 11 is 0. The first-order chi connectivity index (χ1) is 10.3. The smallest absolute Gasteiger partial charge is 0.245 e. The Morgan fingerprint density at radius 1 is 1.05 bits per heavy atom. The Balaban J connectivity index is 2.01. The van der Waals surface area contributed by atoms with Crippen LogP contribution in [0.3, 0.4) is 0 Å². The molecule has 2 rings (SSSR count). The molecule has 0 aliphatic rings. The van der Waals surface area contributed by atoms with E-state index in [0.29, 0.717) is 6.42 Å². The van der Waals surface area contributed by atoms with Crippen molar-refractivity contribution in [2.75, 3.05) is 6.54 Å². The van der Waals surface area contributed by atoms with Gasteiger partial charge in [-0.2, -0.15) is 13.2 Å². The van der Waals surface area contributed by atoms with E-state index in [1.807, 2.05) is 0 Å². The Morgan fingerprint density at radius 3 is 2.18 bits per heavy atom. The predicted octanol–water partition coefficient (Wildman–Crippen LogP) is 2.02. The van der Waals surface area contributed by atoms with E-state index in [2.05, 4.69) is 14.7 Å². The number of benzene rings is 1. The van der Waals surface area contributed by atoms with Gasteiger partial charge < -0.3 is 0 Å². The number of hydrogen-bond donors (Lipinski definition) is 1. The summed E-state index contributed by atoms with van der Waals surface area (Å²) in [4.78, 5) is 7.37. The lowest BCUT2D eigenvalue weighted by molar-refractivity contribution is -0.137. The van der Waals surface area contributed by atoms with Crippen molar-refractivity contribution in [3.8, 4) is 0 Å². The summed E-state index contributed by atoms with van der Waals surface area (Å²) < 4.78 is 63.5. The van der Waals surface area contributed by atoms with Crippen LogP contribution in [0.25, 0.3) is 0 Å². The van der Waals surface area contributed by atoms with Gasteiger partial charge >= 0.3 is 6.18 Å². The van der Waals surface area contributed by atoms with E-state index < -0.39 is 21.8 Å². The predicted molar refractivity (Wildman–Crippen MR) is 72.4 cm³/mol. The molecule has 0 bridgehead atoms. The van der Waals surface area contributed by atoms with Crippen LogP contribution in [-0.2, 0) is 22.6 Å². The van der Waals surface area contributed by atoms with Gasteiger partial charge in [-0.1, -0.05) is 0 Å². The Hall–Kier alpha value is -2.00. The lowest BCUT2D eigenvalue weighted by Crippen LogP contribution is -2.26. The largest absolute Gasteiger partial charge is 0.416 e. The van der Waals surface area contributed by atoms with Gasteiger partial charge in [0.15, 0.2) is 0 Å². The van der Waals surface area contributed by atoms with Gasteiger partial charge in [-0.3, -0.25) is 0 Å². The molecule has 0 saturated carbocycles. The first kappa shape index (κ1) is 16.4. The van der Waals surface area contributed by atoms with E-state index >= 15 is 0 Å². The van der Waals surface area contributed by atoms with Gasteiger partial charge in [-0.15, -0.1) is 0 Å². The summed E-state index contributed by atoms with van der Waals surface area (Å²) in [7, 11) is -3.85. The average Bonchev–Trinajstić information content (AvgIpc) is 2.47. The summed E-state index contributed by atoms with van der Waals surface area (Å²) in [6, 6.07) is 3.33. The molecule has 0 radical (unpaired) electrons. The van der Waals surface area contributed by atoms with Crippen LogP contribution in [0.5, 0.6) is 0 Å². The number of alkyl halides is 3. The van der Waals surface area contributed by atoms with Crippen LogP contribution in [0.15, 0.2) is 47.9 Å². The number of nitrogens with zero attached hydrogens (tertiary/aromatic N) is 2. The fourth-order valence-corrected chi connectivity index (χ4v) is 2.73. The van der Waals surface area contributed by atoms with Crippen LogP contribution >= 0.6 is 0 Å². The van der Waals surface area contributed by atoms with E-state index in [1.165, 1.54) is 6.33 Å². The standard InChI is InChI=1S/C13H12F3N3O2S/c14-13(15,16)11-1-3-12(4-2-11)22(20,21)19-6-5-10-7-17-9-18-8-10/h1-4,7-9,19H,5-6H2. The maximum Gasteiger partial charge on any atom is 0.416 e. The van der Waals surface area contributed by atoms with Crippen molar-refractivity contribution >= 4 is 10.0 Å². The zero-order chi connectivity index (χ0) is 16.2. The van der Waals surface area contributed by atoms with E-state index in [9.17, 15) is 21.6 Å². The van der Waals surface area contributed by atoms with Gasteiger partial charge in [-0.05, 0) is 36.2 Å². The van der Waals surface area contributed by atoms with Crippen LogP contribution in [0.4, 0.5) is 13.2 Å². The van der Waals surface area contributed by atoms with Gasteiger partial charge in [0.1, 0.15) is 6.33 Å². The third kappa shape index (κ3) is 4.25. The molecule has 0 unspecified atom stereocenters. The Bertz CT molecular complexity index is 716. The fourth-order valence-electron chi connectivity index (χ4n) is 1.70. The van der Waals surface area contributed by atoms with Crippen LogP contribution in [0.2, 0.25) is 0 Å². The molecule has 0 spiro atoms. The van der Waals surface area contributed by atoms with Crippen molar-refractivity contribution < 1.29 is 21.6 Å². The first-order valence-corrected chi connectivity index (χ1v) is 7.68. The Kier molecular flexibility index (Phi) is 4.77. The minimum atomic E-state index is -4.50. The Morgan fingerprint density at radius 2 is 1.64 bits per heavy atom. The number of sulfonamides is 1. The fraction of sp³-hybridized carbons (Fsp3) is 0.231. The van der Waals surface area contributed by atoms with Gasteiger partial charge in [0, 0.05) is 18.9 Å². The molecule has 2 aromatic rings. The van der Waals surface area contributed by atoms with E-state index in [1.54, 1.807) is 12.4 Å². The summed E-state index contributed by atoms with van der Waals surface area (Å²) in [5.74, 6) is 0. The molecule has 0 saturated heterocycles. The number of halogens is 3. The third-order valence-corrected chi connectivity index (χ3v) is 4.29. The zero-order valence-corrected chi connectivity index (χ0v) is 12.0. The van der Waals surface area contributed by atoms with Crippen molar-refractivity contribution in [2.24, 2.45) is 0 Å². The number of hydrogen-bond acceptors (Lipinski definition) is 4. The quantitative estimate of drug-likeness (QED) is 0.910. The molecule has 0 fully saturated rings. The lowest BCUT2D eigenvalue weighted by Gasteiger charge is -2.09. The molecular formula is C13H12F3N3O2S. The lowest BCUT2D eigenvalue weighted by atomic mass is 10.2. The monoisotopic (exact) mass is 331 g/mol. The van der Waals surface area contributed by atoms with Gasteiger partial charge in [0.05, 0.1) is 10.5 Å². The van der Waals surface area contributed by atoms with E-state index in [4.69, 9.17) is 0 Å². The molecule has 1 heterocycles. The summed E-state index contributed by atoms with van der Waals surface area (Å²) in [5.41, 5.74) is -0.148. The third-order valence-electron chi connectivity index (χ3n) is 2.81. The van der Waals surface area contributed by atoms with E-state index in [0.717, 1.165) is 29.8 Å². The highest BCUT2D eigenvalue weighted by Crippen LogP contribution is 2.29. The molecule has 9 heteroatoms. The van der Waals surface area contributed by atoms with Crippen LogP contribution in [-0.4, -0.2) is 24.9 Å². The maximum absolute atomic E-state index is 12.4. The van der Waals surface area contributed by atoms with Crippen LogP contribution < -0.4 is 4.72 Å². The zero-order valence-electron chi connectivity index (χ0n) is 11.2. The summed E-state index contributed by atoms with van der Waals surface area (Å²) in [5, 5.41) is 0. The molecule has 0 aliphatic carbocycles. The van der Waals surface area contributed by atoms with E-state index in [-0.39, 0.29) is 11.4 Å². The maximum atomic E-state index is 12.4. The summed E-state index contributed by atoms with van der Waals surface area (Å²) in [6.45, 7) is 0.0940. The number of aromatic nitrogens is 2. The number of nitrogens with one attached hydrogen (secondary N) is 1. The minimum absolute atomic E-state index is 0.0940. The number of rotatable bonds is 5. The molecule has 0 amide bonds. The molecule has 118 valence electrons. The average molecular weight is 331 g/mol. The second-order valence-electron chi connectivity index (χ2n) is 4.42. The normalized spacial score (nSPS) is 12.3. The topological polar surface area (TPSA) is 72.0 Å². The summed E-state index contributed by atoms with van der Waals surface area (Å²) in [6.07, 6.45) is 0.346. The van der Waals surface area contributed by atoms with Crippen molar-refractivity contribution in [2.45, 2.75) is 17.5 Å². The van der Waals surface area contributed by atoms with Gasteiger partial charge in [0.2, 0.25) is 10.0 Å². The molecule has 1 aromatic heterocycles. The molecule has 1 aromatic carbocycles. The van der Waals surface area contributed by atoms with Crippen molar-refractivity contribution in [1.82, 2.24) is 14.7 Å². The highest BCUT2D eigenvalue weighted by Gasteiger charge is 2.30. The van der Waals surface area contributed by atoms with Crippen LogP contribution in [0, 0.1) is 0 Å². The minimum Gasteiger partial charge on any atom is -0.245 e. The second kappa shape index (κ2) is 6.41. The molecule has 22 heavy (non-hydrogen) atoms. The van der Waals surface area contributed by atoms with Gasteiger partial charge in [-0.25, -0.2) is 23.1 Å². The highest BCUT2D eigenvalue weighted by atomic mass is 32.2.